The van der Waals surface area contributed by atoms with Crippen molar-refractivity contribution >= 4 is 36.6 Å². The Hall–Kier alpha value is -1.47. The van der Waals surface area contributed by atoms with E-state index in [0.717, 1.165) is 29.9 Å². The molecule has 0 bridgehead atoms. The van der Waals surface area contributed by atoms with Crippen LogP contribution in [0.15, 0.2) is 102 Å². The van der Waals surface area contributed by atoms with E-state index in [4.69, 9.17) is 0 Å². The minimum Gasteiger partial charge on any atom is -0.358 e. The molecule has 3 aromatic rings. The van der Waals surface area contributed by atoms with E-state index in [2.05, 4.69) is 50.0 Å². The second-order valence-electron chi connectivity index (χ2n) is 10.3. The van der Waals surface area contributed by atoms with E-state index in [9.17, 15) is 8.42 Å². The average molecular weight is 658 g/mol. The Balaban J connectivity index is 0.000000958. The molecule has 3 nitrogen and oxygen atoms in total. The first-order valence-corrected chi connectivity index (χ1v) is 20.2. The summed E-state index contributed by atoms with van der Waals surface area (Å²) in [4.78, 5) is 0.317. The van der Waals surface area contributed by atoms with Gasteiger partial charge in [-0.1, -0.05) is 85.6 Å². The van der Waals surface area contributed by atoms with Crippen LogP contribution in [0, 0.1) is 13.8 Å². The second-order valence-corrected chi connectivity index (χ2v) is 17.5. The van der Waals surface area contributed by atoms with Crippen LogP contribution in [0.5, 0.6) is 0 Å². The normalized spacial score (nSPS) is 13.4. The van der Waals surface area contributed by atoms with Gasteiger partial charge in [0.25, 0.3) is 10.0 Å². The topological polar surface area (TPSA) is 46.2 Å². The number of allylic oxidation sites excluding steroid dienone is 2. The van der Waals surface area contributed by atoms with Crippen LogP contribution in [0.25, 0.3) is 0 Å². The van der Waals surface area contributed by atoms with Crippen LogP contribution < -0.4 is 15.1 Å². The number of rotatable bonds is 8. The number of aryl methyl sites for hydroxylation is 1. The van der Waals surface area contributed by atoms with Gasteiger partial charge in [-0.15, -0.1) is 12.8 Å². The number of hydrogen-bond donors (Lipinski definition) is 1. The fraction of sp³-hybridized carbons (Fsp3) is 0.353. The minimum atomic E-state index is -3.60. The molecule has 0 amide bonds. The Morgan fingerprint density at radius 1 is 0.805 bits per heavy atom. The van der Waals surface area contributed by atoms with Gasteiger partial charge >= 0.3 is 0 Å². The first kappa shape index (κ1) is 39.5. The van der Waals surface area contributed by atoms with E-state index in [1.165, 1.54) is 37.7 Å². The first-order chi connectivity index (χ1) is 18.8. The maximum Gasteiger partial charge on any atom is 0.270 e. The molecule has 0 unspecified atom stereocenters. The summed E-state index contributed by atoms with van der Waals surface area (Å²) >= 11 is 0. The summed E-state index contributed by atoms with van der Waals surface area (Å²) in [6.45, 7) is 8.96. The molecular formula is C34H51NNiO2P2S. The minimum absolute atomic E-state index is 0. The van der Waals surface area contributed by atoms with Crippen LogP contribution in [-0.2, 0) is 32.9 Å². The Morgan fingerprint density at radius 2 is 1.34 bits per heavy atom. The van der Waals surface area contributed by atoms with Crippen molar-refractivity contribution in [1.29, 1.82) is 0 Å². The number of benzene rings is 3. The monoisotopic (exact) mass is 657 g/mol. The molecule has 4 rings (SSSR count). The number of hydrogen-bond acceptors (Lipinski definition) is 2. The molecule has 0 saturated heterocycles. The fourth-order valence-corrected chi connectivity index (χ4v) is 8.26. The molecule has 0 aromatic heterocycles. The van der Waals surface area contributed by atoms with Gasteiger partial charge in [0.2, 0.25) is 0 Å². The van der Waals surface area contributed by atoms with Crippen molar-refractivity contribution in [3.63, 3.8) is 0 Å². The number of sulfonamides is 1. The molecule has 0 heterocycles. The van der Waals surface area contributed by atoms with Gasteiger partial charge < -0.3 is 7.43 Å². The maximum atomic E-state index is 13.0. The molecule has 0 spiro atoms. The van der Waals surface area contributed by atoms with Crippen LogP contribution in [0.2, 0.25) is 0 Å². The summed E-state index contributed by atoms with van der Waals surface area (Å²) in [5, 5.41) is 2.02. The molecule has 0 atom stereocenters. The van der Waals surface area contributed by atoms with Gasteiger partial charge in [0.15, 0.2) is 0 Å². The van der Waals surface area contributed by atoms with Gasteiger partial charge in [0, 0.05) is 36.5 Å². The summed E-state index contributed by atoms with van der Waals surface area (Å²) in [5.41, 5.74) is 1.17. The molecule has 0 saturated carbocycles. The summed E-state index contributed by atoms with van der Waals surface area (Å²) in [7, 11) is -5.14. The van der Waals surface area contributed by atoms with Crippen LogP contribution in [0.3, 0.4) is 0 Å². The SMILES string of the molecule is C1=C/CCCCC[CH-]/1.CCCCc1ccc(S(=O)(=O)N[PH+](c2ccccc2)c2ccccc2)cc1.C[PH+](C)C.[CH3-].[Ni]. The first-order valence-electron chi connectivity index (χ1n) is 14.2. The predicted molar refractivity (Wildman–Crippen MR) is 185 cm³/mol. The smallest absolute Gasteiger partial charge is 0.270 e. The molecule has 1 N–H and O–H groups in total. The number of unbranched alkanes of at least 4 members (excludes halogenated alkanes) is 1. The molecule has 0 radical (unpaired) electrons. The maximum absolute atomic E-state index is 13.0. The zero-order chi connectivity index (χ0) is 28.3. The van der Waals surface area contributed by atoms with Crippen molar-refractivity contribution in [3.05, 3.63) is 116 Å². The quantitative estimate of drug-likeness (QED) is 0.150. The van der Waals surface area contributed by atoms with Gasteiger partial charge in [-0.3, -0.25) is 0 Å². The second kappa shape index (κ2) is 23.0. The Morgan fingerprint density at radius 3 is 1.85 bits per heavy atom. The van der Waals surface area contributed by atoms with Crippen molar-refractivity contribution in [1.82, 2.24) is 4.49 Å². The fourth-order valence-electron chi connectivity index (χ4n) is 3.89. The van der Waals surface area contributed by atoms with Crippen molar-refractivity contribution in [3.8, 4) is 0 Å². The third-order valence-corrected chi connectivity index (χ3v) is 10.5. The Kier molecular flexibility index (Phi) is 22.2. The molecule has 7 heteroatoms. The van der Waals surface area contributed by atoms with Crippen molar-refractivity contribution in [2.75, 3.05) is 20.0 Å². The molecule has 3 aromatic carbocycles. The van der Waals surface area contributed by atoms with Gasteiger partial charge in [0.05, 0.1) is 4.90 Å². The standard InChI is InChI=1S/C22H24NO2PS.C8H13.C3H9P.CH3.Ni/c1-2-3-10-19-15-17-22(18-16-19)27(24,25)23-26(20-11-6-4-7-12-20)21-13-8-5-9-14-21;1-2-4-6-8-7-5-3-1;1-4(2)3;;/h4-9,11-18,23H,2-3,10H2,1H3;1-3H,4-8H2;1-3H3;1H3;/q;-1;;-1;/p+2/b;2-1+;;;. The molecule has 1 aliphatic carbocycles. The van der Waals surface area contributed by atoms with Crippen LogP contribution in [-0.4, -0.2) is 28.4 Å². The van der Waals surface area contributed by atoms with Crippen molar-refractivity contribution in [2.24, 2.45) is 0 Å². The van der Waals surface area contributed by atoms with Gasteiger partial charge in [-0.2, -0.15) is 0 Å². The van der Waals surface area contributed by atoms with E-state index in [1.807, 2.05) is 72.8 Å². The zero-order valence-electron chi connectivity index (χ0n) is 25.5. The third kappa shape index (κ3) is 16.7. The molecular weight excluding hydrogens is 607 g/mol. The van der Waals surface area contributed by atoms with Crippen molar-refractivity contribution < 1.29 is 24.9 Å². The van der Waals surface area contributed by atoms with E-state index in [1.54, 1.807) is 12.1 Å². The Bertz CT molecular complexity index is 1120. The summed E-state index contributed by atoms with van der Waals surface area (Å²) < 4.78 is 29.0. The van der Waals surface area contributed by atoms with Crippen LogP contribution in [0.4, 0.5) is 0 Å². The number of nitrogens with one attached hydrogen (secondary N) is 1. The van der Waals surface area contributed by atoms with E-state index < -0.39 is 18.1 Å². The summed E-state index contributed by atoms with van der Waals surface area (Å²) in [5.74, 6) is 0. The average Bonchev–Trinajstić information content (AvgIpc) is 2.91. The van der Waals surface area contributed by atoms with Gasteiger partial charge in [0.1, 0.15) is 18.7 Å². The molecule has 0 aliphatic heterocycles. The zero-order valence-corrected chi connectivity index (χ0v) is 29.3. The summed E-state index contributed by atoms with van der Waals surface area (Å²) in [6, 6.07) is 26.9. The van der Waals surface area contributed by atoms with Crippen molar-refractivity contribution in [2.45, 2.75) is 63.2 Å². The molecule has 41 heavy (non-hydrogen) atoms. The Labute approximate surface area is 264 Å². The van der Waals surface area contributed by atoms with E-state index in [-0.39, 0.29) is 31.8 Å². The molecule has 1 aliphatic rings. The third-order valence-electron chi connectivity index (χ3n) is 5.93. The van der Waals surface area contributed by atoms with Gasteiger partial charge in [-0.25, -0.2) is 27.0 Å². The molecule has 230 valence electrons. The van der Waals surface area contributed by atoms with E-state index >= 15 is 0 Å². The van der Waals surface area contributed by atoms with Crippen LogP contribution >= 0.6 is 16.0 Å². The molecule has 0 fully saturated rings. The predicted octanol–water partition coefficient (Wildman–Crippen LogP) is 8.34. The van der Waals surface area contributed by atoms with Gasteiger partial charge in [-0.05, 0) is 62.7 Å². The summed E-state index contributed by atoms with van der Waals surface area (Å²) in [6.07, 6.45) is 16.7. The van der Waals surface area contributed by atoms with Crippen LogP contribution in [0.1, 0.15) is 57.4 Å². The largest absolute Gasteiger partial charge is 0.358 e. The van der Waals surface area contributed by atoms with E-state index in [0.29, 0.717) is 4.90 Å².